The predicted molar refractivity (Wildman–Crippen MR) is 68.1 cm³/mol. The average Bonchev–Trinajstić information content (AvgIpc) is 2.16. The Morgan fingerprint density at radius 2 is 1.00 bits per heavy atom. The first-order valence-corrected chi connectivity index (χ1v) is 7.10. The maximum atomic E-state index is 3.46. The summed E-state index contributed by atoms with van der Waals surface area (Å²) in [6.45, 7) is 2.28. The monoisotopic (exact) mass is 268 g/mol. The van der Waals surface area contributed by atoms with Crippen molar-refractivity contribution in [3.05, 3.63) is 0 Å². The Hall–Kier alpha value is 0.410. The molecule has 0 saturated carbocycles. The van der Waals surface area contributed by atoms with Crippen LogP contribution in [0.4, 0.5) is 4.70 Å². The zero-order valence-corrected chi connectivity index (χ0v) is 11.2. The summed E-state index contributed by atoms with van der Waals surface area (Å²) in [7, 11) is 0. The standard InChI is InChI=1S/C12H25Br.FH/c1-2-3-4-5-6-7-8-9-10-11-12-13;/h2-12H2,1H3;1H. The summed E-state index contributed by atoms with van der Waals surface area (Å²) in [5.41, 5.74) is 0. The van der Waals surface area contributed by atoms with Crippen LogP contribution >= 0.6 is 15.9 Å². The summed E-state index contributed by atoms with van der Waals surface area (Å²) in [6.07, 6.45) is 14.3. The molecular weight excluding hydrogens is 243 g/mol. The topological polar surface area (TPSA) is 0 Å². The van der Waals surface area contributed by atoms with Crippen molar-refractivity contribution >= 4 is 15.9 Å². The fraction of sp³-hybridized carbons (Fsp3) is 1.00. The third-order valence-electron chi connectivity index (χ3n) is 2.49. The molecule has 0 rings (SSSR count). The number of halogens is 2. The molecule has 0 aliphatic rings. The molecule has 0 atom stereocenters. The zero-order chi connectivity index (χ0) is 9.78. The Morgan fingerprint density at radius 1 is 0.643 bits per heavy atom. The minimum absolute atomic E-state index is 0. The Labute approximate surface area is 97.3 Å². The van der Waals surface area contributed by atoms with Crippen molar-refractivity contribution in [3.63, 3.8) is 0 Å². The van der Waals surface area contributed by atoms with Gasteiger partial charge in [0.15, 0.2) is 0 Å². The maximum Gasteiger partial charge on any atom is 0.00313 e. The highest BCUT2D eigenvalue weighted by Crippen LogP contribution is 2.10. The minimum Gasteiger partial charge on any atom is -0.269 e. The third-order valence-corrected chi connectivity index (χ3v) is 3.05. The van der Waals surface area contributed by atoms with Crippen LogP contribution in [0.1, 0.15) is 71.1 Å². The Morgan fingerprint density at radius 3 is 1.36 bits per heavy atom. The lowest BCUT2D eigenvalue weighted by Gasteiger charge is -2.00. The Bertz CT molecular complexity index is 76.4. The molecule has 0 heterocycles. The van der Waals surface area contributed by atoms with Gasteiger partial charge in [-0.15, -0.1) is 0 Å². The van der Waals surface area contributed by atoms with E-state index in [-0.39, 0.29) is 4.70 Å². The van der Waals surface area contributed by atoms with Crippen molar-refractivity contribution < 1.29 is 4.70 Å². The highest BCUT2D eigenvalue weighted by Gasteiger charge is 1.91. The SMILES string of the molecule is CCCCCCCCCCCCBr.F. The molecule has 0 bridgehead atoms. The van der Waals surface area contributed by atoms with Crippen molar-refractivity contribution in [2.45, 2.75) is 71.1 Å². The van der Waals surface area contributed by atoms with Gasteiger partial charge in [0.2, 0.25) is 0 Å². The molecule has 0 aromatic heterocycles. The largest absolute Gasteiger partial charge is 0.269 e. The molecule has 0 aliphatic heterocycles. The van der Waals surface area contributed by atoms with Crippen LogP contribution in [0.2, 0.25) is 0 Å². The van der Waals surface area contributed by atoms with Crippen molar-refractivity contribution in [1.29, 1.82) is 0 Å². The Balaban J connectivity index is 0. The molecule has 0 unspecified atom stereocenters. The molecule has 0 aromatic carbocycles. The van der Waals surface area contributed by atoms with E-state index >= 15 is 0 Å². The summed E-state index contributed by atoms with van der Waals surface area (Å²) in [5, 5.41) is 1.18. The van der Waals surface area contributed by atoms with Gasteiger partial charge in [0.25, 0.3) is 0 Å². The van der Waals surface area contributed by atoms with E-state index in [0.29, 0.717) is 0 Å². The van der Waals surface area contributed by atoms with Crippen LogP contribution in [0, 0.1) is 0 Å². The van der Waals surface area contributed by atoms with E-state index in [1.54, 1.807) is 0 Å². The zero-order valence-electron chi connectivity index (χ0n) is 9.56. The van der Waals surface area contributed by atoms with Crippen LogP contribution in [0.3, 0.4) is 0 Å². The van der Waals surface area contributed by atoms with Crippen LogP contribution in [0.25, 0.3) is 0 Å². The van der Waals surface area contributed by atoms with Crippen LogP contribution in [0.15, 0.2) is 0 Å². The maximum absolute atomic E-state index is 3.46. The summed E-state index contributed by atoms with van der Waals surface area (Å²) in [4.78, 5) is 0. The number of hydrogen-bond acceptors (Lipinski definition) is 0. The van der Waals surface area contributed by atoms with Crippen LogP contribution in [-0.4, -0.2) is 5.33 Å². The van der Waals surface area contributed by atoms with Crippen molar-refractivity contribution in [2.75, 3.05) is 5.33 Å². The van der Waals surface area contributed by atoms with E-state index < -0.39 is 0 Å². The quantitative estimate of drug-likeness (QED) is 0.365. The molecular formula is C12H26BrF. The van der Waals surface area contributed by atoms with Gasteiger partial charge in [-0.1, -0.05) is 80.6 Å². The second kappa shape index (κ2) is 15.9. The van der Waals surface area contributed by atoms with Crippen molar-refractivity contribution in [1.82, 2.24) is 0 Å². The van der Waals surface area contributed by atoms with Gasteiger partial charge in [-0.3, -0.25) is 4.70 Å². The number of hydrogen-bond donors (Lipinski definition) is 0. The van der Waals surface area contributed by atoms with E-state index in [4.69, 9.17) is 0 Å². The lowest BCUT2D eigenvalue weighted by molar-refractivity contribution is 0.563. The number of rotatable bonds is 10. The molecule has 0 saturated heterocycles. The Kier molecular flexibility index (Phi) is 19.1. The van der Waals surface area contributed by atoms with E-state index in [2.05, 4.69) is 22.9 Å². The van der Waals surface area contributed by atoms with E-state index in [1.807, 2.05) is 0 Å². The van der Waals surface area contributed by atoms with Gasteiger partial charge in [-0.25, -0.2) is 0 Å². The highest BCUT2D eigenvalue weighted by atomic mass is 79.9. The smallest absolute Gasteiger partial charge is 0.00313 e. The lowest BCUT2D eigenvalue weighted by Crippen LogP contribution is -1.81. The summed E-state index contributed by atoms with van der Waals surface area (Å²) >= 11 is 3.46. The summed E-state index contributed by atoms with van der Waals surface area (Å²) in [6, 6.07) is 0. The second-order valence-electron chi connectivity index (χ2n) is 3.87. The second-order valence-corrected chi connectivity index (χ2v) is 4.66. The predicted octanol–water partition coefficient (Wildman–Crippen LogP) is 5.45. The van der Waals surface area contributed by atoms with Crippen LogP contribution < -0.4 is 0 Å². The van der Waals surface area contributed by atoms with Crippen molar-refractivity contribution in [3.8, 4) is 0 Å². The fourth-order valence-corrected chi connectivity index (χ4v) is 1.98. The normalized spacial score (nSPS) is 9.86. The van der Waals surface area contributed by atoms with Gasteiger partial charge in [-0.2, -0.15) is 0 Å². The molecule has 2 heteroatoms. The first-order valence-electron chi connectivity index (χ1n) is 5.97. The average molecular weight is 269 g/mol. The molecule has 0 spiro atoms. The van der Waals surface area contributed by atoms with Crippen LogP contribution in [-0.2, 0) is 0 Å². The molecule has 0 radical (unpaired) electrons. The number of unbranched alkanes of at least 4 members (excludes halogenated alkanes) is 9. The highest BCUT2D eigenvalue weighted by molar-refractivity contribution is 9.09. The molecule has 0 nitrogen and oxygen atoms in total. The molecule has 0 amide bonds. The van der Waals surface area contributed by atoms with E-state index in [1.165, 1.54) is 69.5 Å². The van der Waals surface area contributed by atoms with E-state index in [9.17, 15) is 0 Å². The number of alkyl halides is 1. The van der Waals surface area contributed by atoms with Gasteiger partial charge in [-0.05, 0) is 6.42 Å². The molecule has 0 N–H and O–H groups in total. The molecule has 0 fully saturated rings. The molecule has 0 aliphatic carbocycles. The lowest BCUT2D eigenvalue weighted by atomic mass is 10.1. The van der Waals surface area contributed by atoms with Crippen LogP contribution in [0.5, 0.6) is 0 Å². The van der Waals surface area contributed by atoms with Gasteiger partial charge < -0.3 is 0 Å². The molecule has 14 heavy (non-hydrogen) atoms. The van der Waals surface area contributed by atoms with E-state index in [0.717, 1.165) is 0 Å². The molecule has 88 valence electrons. The first-order chi connectivity index (χ1) is 6.41. The fourth-order valence-electron chi connectivity index (χ4n) is 1.58. The summed E-state index contributed by atoms with van der Waals surface area (Å²) in [5.74, 6) is 0. The first kappa shape index (κ1) is 16.8. The van der Waals surface area contributed by atoms with Gasteiger partial charge >= 0.3 is 0 Å². The van der Waals surface area contributed by atoms with Crippen molar-refractivity contribution in [2.24, 2.45) is 0 Å². The van der Waals surface area contributed by atoms with Gasteiger partial charge in [0.05, 0.1) is 0 Å². The van der Waals surface area contributed by atoms with Gasteiger partial charge in [0, 0.05) is 5.33 Å². The third kappa shape index (κ3) is 14.9. The minimum atomic E-state index is 0. The summed E-state index contributed by atoms with van der Waals surface area (Å²) < 4.78 is 0. The van der Waals surface area contributed by atoms with Gasteiger partial charge in [0.1, 0.15) is 0 Å². The molecule has 0 aromatic rings.